The molecule has 0 aromatic heterocycles. The van der Waals surface area contributed by atoms with E-state index in [2.05, 4.69) is 0 Å². The third kappa shape index (κ3) is 2.71. The molecule has 0 saturated heterocycles. The van der Waals surface area contributed by atoms with E-state index in [0.717, 1.165) is 5.56 Å². The summed E-state index contributed by atoms with van der Waals surface area (Å²) in [5.74, 6) is 1.12. The molecule has 1 heterocycles. The third-order valence-corrected chi connectivity index (χ3v) is 5.66. The summed E-state index contributed by atoms with van der Waals surface area (Å²) in [4.78, 5) is 1.40. The Morgan fingerprint density at radius 3 is 2.44 bits per heavy atom. The molecule has 0 N–H and O–H groups in total. The lowest BCUT2D eigenvalue weighted by molar-refractivity contribution is 0.404. The average molecular weight is 356 g/mol. The van der Waals surface area contributed by atoms with E-state index < -0.39 is 9.84 Å². The number of benzene rings is 2. The van der Waals surface area contributed by atoms with Gasteiger partial charge in [0.15, 0.2) is 4.91 Å². The Labute approximate surface area is 146 Å². The van der Waals surface area contributed by atoms with E-state index in [1.807, 2.05) is 6.92 Å². The number of hydrogen-bond donors (Lipinski definition) is 0. The predicted molar refractivity (Wildman–Crippen MR) is 93.7 cm³/mol. The van der Waals surface area contributed by atoms with Crippen molar-refractivity contribution in [1.82, 2.24) is 0 Å². The highest BCUT2D eigenvalue weighted by atomic mass is 32.2. The minimum Gasteiger partial charge on any atom is -0.497 e. The van der Waals surface area contributed by atoms with E-state index in [4.69, 9.17) is 9.47 Å². The molecular weight excluding hydrogens is 340 g/mol. The first kappa shape index (κ1) is 16.9. The molecule has 6 nitrogen and oxygen atoms in total. The number of allylic oxidation sites excluding steroid dienone is 1. The molecule has 7 heteroatoms. The third-order valence-electron chi connectivity index (χ3n) is 3.96. The summed E-state index contributed by atoms with van der Waals surface area (Å²) >= 11 is 0. The van der Waals surface area contributed by atoms with Crippen LogP contribution in [0.5, 0.6) is 11.5 Å². The van der Waals surface area contributed by atoms with E-state index in [-0.39, 0.29) is 9.80 Å². The quantitative estimate of drug-likeness (QED) is 0.839. The maximum absolute atomic E-state index is 12.6. The Balaban J connectivity index is 2.34. The second-order valence-electron chi connectivity index (χ2n) is 5.49. The van der Waals surface area contributed by atoms with Gasteiger partial charge in [-0.15, -0.1) is 0 Å². The smallest absolute Gasteiger partial charge is 0.220 e. The topological polar surface area (TPSA) is 79.6 Å². The van der Waals surface area contributed by atoms with Crippen LogP contribution in [0.2, 0.25) is 0 Å². The van der Waals surface area contributed by atoms with Crippen molar-refractivity contribution < 1.29 is 17.9 Å². The first-order valence-electron chi connectivity index (χ1n) is 7.41. The Bertz CT molecular complexity index is 1020. The molecule has 1 aliphatic rings. The zero-order chi connectivity index (χ0) is 18.2. The van der Waals surface area contributed by atoms with Crippen molar-refractivity contribution in [2.24, 2.45) is 0 Å². The van der Waals surface area contributed by atoms with Crippen molar-refractivity contribution in [3.05, 3.63) is 53.1 Å². The summed E-state index contributed by atoms with van der Waals surface area (Å²) in [5.41, 5.74) is 1.94. The molecule has 25 heavy (non-hydrogen) atoms. The molecule has 0 radical (unpaired) electrons. The fourth-order valence-corrected chi connectivity index (χ4v) is 3.97. The van der Waals surface area contributed by atoms with Crippen LogP contribution in [0.25, 0.3) is 0 Å². The fourth-order valence-electron chi connectivity index (χ4n) is 2.69. The SMILES string of the molecule is COc1ccc(OC)c(N2C=C(C#N)S(=O)(=O)c3ccc(C)cc32)c1. The van der Waals surface area contributed by atoms with Gasteiger partial charge >= 0.3 is 0 Å². The molecule has 0 saturated carbocycles. The highest BCUT2D eigenvalue weighted by Gasteiger charge is 2.33. The van der Waals surface area contributed by atoms with Crippen LogP contribution in [0.15, 0.2) is 52.4 Å². The lowest BCUT2D eigenvalue weighted by Crippen LogP contribution is -2.22. The summed E-state index contributed by atoms with van der Waals surface area (Å²) in [7, 11) is -0.771. The van der Waals surface area contributed by atoms with E-state index in [1.54, 1.807) is 48.4 Å². The van der Waals surface area contributed by atoms with Gasteiger partial charge in [-0.05, 0) is 36.8 Å². The summed E-state index contributed by atoms with van der Waals surface area (Å²) < 4.78 is 35.9. The molecular formula is C18H16N2O4S. The van der Waals surface area contributed by atoms with E-state index in [9.17, 15) is 13.7 Å². The van der Waals surface area contributed by atoms with Crippen molar-refractivity contribution in [2.45, 2.75) is 11.8 Å². The number of ether oxygens (including phenoxy) is 2. The van der Waals surface area contributed by atoms with Gasteiger partial charge in [-0.2, -0.15) is 5.26 Å². The molecule has 0 amide bonds. The van der Waals surface area contributed by atoms with Crippen LogP contribution in [0.1, 0.15) is 5.56 Å². The minimum absolute atomic E-state index is 0.0852. The fraction of sp³-hybridized carbons (Fsp3) is 0.167. The van der Waals surface area contributed by atoms with Crippen molar-refractivity contribution in [3.63, 3.8) is 0 Å². The highest BCUT2D eigenvalue weighted by molar-refractivity contribution is 7.95. The van der Waals surface area contributed by atoms with Gasteiger partial charge in [0.25, 0.3) is 0 Å². The number of hydrogen-bond acceptors (Lipinski definition) is 6. The van der Waals surface area contributed by atoms with E-state index >= 15 is 0 Å². The number of methoxy groups -OCH3 is 2. The van der Waals surface area contributed by atoms with Crippen LogP contribution in [-0.4, -0.2) is 22.6 Å². The molecule has 1 aliphatic heterocycles. The van der Waals surface area contributed by atoms with Gasteiger partial charge in [-0.1, -0.05) is 6.07 Å². The maximum Gasteiger partial charge on any atom is 0.220 e. The van der Waals surface area contributed by atoms with E-state index in [1.165, 1.54) is 19.4 Å². The van der Waals surface area contributed by atoms with Crippen LogP contribution in [0.3, 0.4) is 0 Å². The first-order chi connectivity index (χ1) is 11.9. The Kier molecular flexibility index (Phi) is 4.15. The molecule has 0 fully saturated rings. The molecule has 0 aliphatic carbocycles. The van der Waals surface area contributed by atoms with Crippen molar-refractivity contribution in [2.75, 3.05) is 19.1 Å². The maximum atomic E-state index is 12.6. The van der Waals surface area contributed by atoms with Gasteiger partial charge < -0.3 is 14.4 Å². The highest BCUT2D eigenvalue weighted by Crippen LogP contribution is 2.44. The van der Waals surface area contributed by atoms with Gasteiger partial charge in [0.1, 0.15) is 17.6 Å². The Morgan fingerprint density at radius 1 is 1.04 bits per heavy atom. The first-order valence-corrected chi connectivity index (χ1v) is 8.89. The largest absolute Gasteiger partial charge is 0.497 e. The van der Waals surface area contributed by atoms with Gasteiger partial charge in [0, 0.05) is 12.3 Å². The molecule has 0 atom stereocenters. The van der Waals surface area contributed by atoms with Crippen molar-refractivity contribution in [3.8, 4) is 17.6 Å². The lowest BCUT2D eigenvalue weighted by atomic mass is 10.1. The summed E-state index contributed by atoms with van der Waals surface area (Å²) in [6.45, 7) is 1.87. The molecule has 128 valence electrons. The standard InChI is InChI=1S/C18H16N2O4S/c1-12-4-7-18-16(8-12)20(11-14(10-19)25(18,21)22)15-9-13(23-2)5-6-17(15)24-3/h4-9,11H,1-3H3. The number of rotatable bonds is 3. The van der Waals surface area contributed by atoms with Crippen LogP contribution in [0.4, 0.5) is 11.4 Å². The molecule has 0 spiro atoms. The number of nitriles is 1. The van der Waals surface area contributed by atoms with Crippen LogP contribution >= 0.6 is 0 Å². The summed E-state index contributed by atoms with van der Waals surface area (Å²) in [6.07, 6.45) is 1.31. The van der Waals surface area contributed by atoms with Gasteiger partial charge in [0.05, 0.1) is 30.5 Å². The molecule has 0 bridgehead atoms. The summed E-state index contributed by atoms with van der Waals surface area (Å²) in [6, 6.07) is 12.0. The average Bonchev–Trinajstić information content (AvgIpc) is 2.61. The van der Waals surface area contributed by atoms with Gasteiger partial charge in [-0.3, -0.25) is 0 Å². The number of fused-ring (bicyclic) bond motifs is 1. The molecule has 2 aromatic carbocycles. The number of anilines is 2. The second-order valence-corrected chi connectivity index (χ2v) is 7.37. The Hall–Kier alpha value is -2.98. The van der Waals surface area contributed by atoms with Crippen LogP contribution in [0, 0.1) is 18.3 Å². The predicted octanol–water partition coefficient (Wildman–Crippen LogP) is 3.30. The van der Waals surface area contributed by atoms with Crippen LogP contribution in [-0.2, 0) is 9.84 Å². The summed E-state index contributed by atoms with van der Waals surface area (Å²) in [5, 5.41) is 9.32. The number of aryl methyl sites for hydroxylation is 1. The molecule has 2 aromatic rings. The minimum atomic E-state index is -3.84. The molecule has 3 rings (SSSR count). The molecule has 0 unspecified atom stereocenters. The van der Waals surface area contributed by atoms with Gasteiger partial charge in [-0.25, -0.2) is 8.42 Å². The van der Waals surface area contributed by atoms with E-state index in [0.29, 0.717) is 22.9 Å². The normalized spacial score (nSPS) is 15.0. The number of sulfone groups is 1. The van der Waals surface area contributed by atoms with Crippen molar-refractivity contribution >= 4 is 21.2 Å². The number of nitrogens with zero attached hydrogens (tertiary/aromatic N) is 2. The van der Waals surface area contributed by atoms with Crippen LogP contribution < -0.4 is 14.4 Å². The zero-order valence-electron chi connectivity index (χ0n) is 14.0. The Morgan fingerprint density at radius 2 is 1.80 bits per heavy atom. The second kappa shape index (κ2) is 6.15. The monoisotopic (exact) mass is 356 g/mol. The lowest BCUT2D eigenvalue weighted by Gasteiger charge is -2.29. The van der Waals surface area contributed by atoms with Gasteiger partial charge in [0.2, 0.25) is 9.84 Å². The van der Waals surface area contributed by atoms with Crippen molar-refractivity contribution in [1.29, 1.82) is 5.26 Å². The zero-order valence-corrected chi connectivity index (χ0v) is 14.8.